The summed E-state index contributed by atoms with van der Waals surface area (Å²) < 4.78 is 14.6. The Hall–Kier alpha value is -4.18. The first-order valence-electron chi connectivity index (χ1n) is 9.66. The van der Waals surface area contributed by atoms with Crippen LogP contribution in [0.15, 0.2) is 60.9 Å². The second-order valence-corrected chi connectivity index (χ2v) is 7.45. The Morgan fingerprint density at radius 1 is 1.09 bits per heavy atom. The molecule has 1 atom stereocenters. The van der Waals surface area contributed by atoms with Crippen molar-refractivity contribution in [3.8, 4) is 0 Å². The Morgan fingerprint density at radius 3 is 2.55 bits per heavy atom. The van der Waals surface area contributed by atoms with Crippen LogP contribution in [-0.4, -0.2) is 37.2 Å². The van der Waals surface area contributed by atoms with Gasteiger partial charge in [0.25, 0.3) is 5.91 Å². The van der Waals surface area contributed by atoms with Crippen LogP contribution in [0, 0.1) is 5.95 Å². The highest BCUT2D eigenvalue weighted by Gasteiger charge is 2.25. The Kier molecular flexibility index (Phi) is 6.09. The van der Waals surface area contributed by atoms with E-state index >= 15 is 0 Å². The van der Waals surface area contributed by atoms with Gasteiger partial charge in [-0.3, -0.25) is 14.4 Å². The van der Waals surface area contributed by atoms with Gasteiger partial charge >= 0.3 is 0 Å². The minimum absolute atomic E-state index is 0.0719. The van der Waals surface area contributed by atoms with Crippen LogP contribution >= 0.6 is 11.6 Å². The van der Waals surface area contributed by atoms with Crippen molar-refractivity contribution >= 4 is 40.7 Å². The molecule has 2 amide bonds. The summed E-state index contributed by atoms with van der Waals surface area (Å²) in [7, 11) is 0. The number of amides is 2. The summed E-state index contributed by atoms with van der Waals surface area (Å²) in [5, 5.41) is 9.93. The van der Waals surface area contributed by atoms with E-state index in [4.69, 9.17) is 11.6 Å². The number of hydrogen-bond donors (Lipinski definition) is 2. The first kappa shape index (κ1) is 22.0. The van der Waals surface area contributed by atoms with Gasteiger partial charge in [-0.2, -0.15) is 9.49 Å². The van der Waals surface area contributed by atoms with Crippen LogP contribution < -0.4 is 10.6 Å². The molecule has 0 aliphatic rings. The van der Waals surface area contributed by atoms with E-state index in [-0.39, 0.29) is 23.0 Å². The zero-order valence-electron chi connectivity index (χ0n) is 17.1. The summed E-state index contributed by atoms with van der Waals surface area (Å²) >= 11 is 5.92. The van der Waals surface area contributed by atoms with E-state index in [2.05, 4.69) is 25.7 Å². The minimum atomic E-state index is -0.964. The average Bonchev–Trinajstić information content (AvgIpc) is 3.19. The number of ketones is 1. The van der Waals surface area contributed by atoms with Gasteiger partial charge in [-0.15, -0.1) is 0 Å². The Bertz CT molecular complexity index is 1370. The van der Waals surface area contributed by atoms with Crippen LogP contribution in [0.1, 0.15) is 39.4 Å². The number of hydrogen-bond acceptors (Lipinski definition) is 6. The molecule has 0 fully saturated rings. The molecular formula is C22H16ClFN6O3. The maximum Gasteiger partial charge on any atom is 0.257 e. The molecule has 11 heteroatoms. The third-order valence-corrected chi connectivity index (χ3v) is 4.87. The summed E-state index contributed by atoms with van der Waals surface area (Å²) in [5.74, 6) is -2.03. The van der Waals surface area contributed by atoms with Crippen molar-refractivity contribution < 1.29 is 18.8 Å². The molecule has 9 nitrogen and oxygen atoms in total. The largest absolute Gasteiger partial charge is 0.342 e. The molecular weight excluding hydrogens is 451 g/mol. The molecule has 166 valence electrons. The molecule has 2 N–H and O–H groups in total. The lowest BCUT2D eigenvalue weighted by Crippen LogP contribution is -2.32. The van der Waals surface area contributed by atoms with Crippen LogP contribution in [0.5, 0.6) is 0 Å². The van der Waals surface area contributed by atoms with E-state index in [1.807, 2.05) is 0 Å². The summed E-state index contributed by atoms with van der Waals surface area (Å²) in [6.07, 6.45) is 2.59. The number of aromatic nitrogens is 4. The summed E-state index contributed by atoms with van der Waals surface area (Å²) in [6, 6.07) is 11.0. The average molecular weight is 467 g/mol. The van der Waals surface area contributed by atoms with E-state index < -0.39 is 23.7 Å². The topological polar surface area (TPSA) is 118 Å². The molecule has 4 rings (SSSR count). The van der Waals surface area contributed by atoms with Crippen molar-refractivity contribution in [2.24, 2.45) is 0 Å². The van der Waals surface area contributed by atoms with Crippen molar-refractivity contribution in [3.63, 3.8) is 0 Å². The van der Waals surface area contributed by atoms with Crippen molar-refractivity contribution in [1.82, 2.24) is 24.9 Å². The number of benzene rings is 1. The minimum Gasteiger partial charge on any atom is -0.342 e. The quantitative estimate of drug-likeness (QED) is 0.332. The Morgan fingerprint density at radius 2 is 1.85 bits per heavy atom. The zero-order valence-corrected chi connectivity index (χ0v) is 17.9. The predicted octanol–water partition coefficient (Wildman–Crippen LogP) is 3.23. The van der Waals surface area contributed by atoms with Crippen molar-refractivity contribution in [3.05, 3.63) is 88.7 Å². The highest BCUT2D eigenvalue weighted by Crippen LogP contribution is 2.21. The normalized spacial score (nSPS) is 11.7. The molecule has 0 aliphatic heterocycles. The SMILES string of the molecule is CC(=O)NC(C(=O)c1ccc2nc(NC(=O)c3ccnc(F)c3)cn2n1)c1ccc(Cl)cc1. The van der Waals surface area contributed by atoms with E-state index in [1.54, 1.807) is 30.3 Å². The van der Waals surface area contributed by atoms with Crippen LogP contribution in [0.3, 0.4) is 0 Å². The molecule has 0 saturated heterocycles. The number of anilines is 1. The fourth-order valence-corrected chi connectivity index (χ4v) is 3.24. The number of imidazole rings is 1. The number of Topliss-reactive ketones (excluding diaryl/α,β-unsaturated/α-hetero) is 1. The van der Waals surface area contributed by atoms with Gasteiger partial charge in [0.05, 0.1) is 6.20 Å². The van der Waals surface area contributed by atoms with E-state index in [0.29, 0.717) is 16.2 Å². The highest BCUT2D eigenvalue weighted by atomic mass is 35.5. The molecule has 33 heavy (non-hydrogen) atoms. The first-order valence-corrected chi connectivity index (χ1v) is 10.0. The molecule has 1 aromatic carbocycles. The van der Waals surface area contributed by atoms with Gasteiger partial charge in [0.2, 0.25) is 17.6 Å². The lowest BCUT2D eigenvalue weighted by atomic mass is 10.0. The number of pyridine rings is 1. The number of nitrogens with one attached hydrogen (secondary N) is 2. The van der Waals surface area contributed by atoms with E-state index in [1.165, 1.54) is 36.0 Å². The van der Waals surface area contributed by atoms with Crippen molar-refractivity contribution in [1.29, 1.82) is 0 Å². The Labute approximate surface area is 191 Å². The number of halogens is 2. The monoisotopic (exact) mass is 466 g/mol. The lowest BCUT2D eigenvalue weighted by molar-refractivity contribution is -0.119. The van der Waals surface area contributed by atoms with Crippen molar-refractivity contribution in [2.75, 3.05) is 5.32 Å². The number of fused-ring (bicyclic) bond motifs is 1. The fourth-order valence-electron chi connectivity index (χ4n) is 3.11. The van der Waals surface area contributed by atoms with Gasteiger partial charge in [-0.1, -0.05) is 23.7 Å². The summed E-state index contributed by atoms with van der Waals surface area (Å²) in [4.78, 5) is 44.8. The van der Waals surface area contributed by atoms with Gasteiger partial charge < -0.3 is 10.6 Å². The third kappa shape index (κ3) is 5.01. The third-order valence-electron chi connectivity index (χ3n) is 4.62. The maximum absolute atomic E-state index is 13.3. The Balaban J connectivity index is 1.60. The van der Waals surface area contributed by atoms with Gasteiger partial charge in [0.15, 0.2) is 11.5 Å². The van der Waals surface area contributed by atoms with E-state index in [0.717, 1.165) is 6.07 Å². The lowest BCUT2D eigenvalue weighted by Gasteiger charge is -2.17. The smallest absolute Gasteiger partial charge is 0.257 e. The number of carbonyl (C=O) groups is 3. The van der Waals surface area contributed by atoms with Gasteiger partial charge in [0.1, 0.15) is 11.7 Å². The van der Waals surface area contributed by atoms with Crippen LogP contribution in [0.25, 0.3) is 5.65 Å². The fraction of sp³-hybridized carbons (Fsp3) is 0.0909. The molecule has 0 saturated carbocycles. The molecule has 4 aromatic rings. The van der Waals surface area contributed by atoms with Crippen molar-refractivity contribution in [2.45, 2.75) is 13.0 Å². The molecule has 1 unspecified atom stereocenters. The number of carbonyl (C=O) groups excluding carboxylic acids is 3. The molecule has 0 spiro atoms. The highest BCUT2D eigenvalue weighted by molar-refractivity contribution is 6.30. The summed E-state index contributed by atoms with van der Waals surface area (Å²) in [6.45, 7) is 1.31. The summed E-state index contributed by atoms with van der Waals surface area (Å²) in [5.41, 5.74) is 1.06. The second kappa shape index (κ2) is 9.13. The molecule has 3 heterocycles. The van der Waals surface area contributed by atoms with Gasteiger partial charge in [0, 0.05) is 29.8 Å². The zero-order chi connectivity index (χ0) is 23.5. The number of nitrogens with zero attached hydrogens (tertiary/aromatic N) is 4. The second-order valence-electron chi connectivity index (χ2n) is 7.02. The molecule has 0 bridgehead atoms. The standard InChI is InChI=1S/C22H16ClFN6O3/c1-12(31)26-20(13-2-4-15(23)5-3-13)21(32)16-6-7-19-27-18(11-30(19)29-16)28-22(33)14-8-9-25-17(24)10-14/h2-11,20H,1H3,(H,26,31)(H,28,33). The van der Waals surface area contributed by atoms with Gasteiger partial charge in [-0.25, -0.2) is 14.5 Å². The van der Waals surface area contributed by atoms with Crippen LogP contribution in [0.2, 0.25) is 5.02 Å². The van der Waals surface area contributed by atoms with Gasteiger partial charge in [-0.05, 0) is 35.9 Å². The predicted molar refractivity (Wildman–Crippen MR) is 117 cm³/mol. The first-order chi connectivity index (χ1) is 15.8. The molecule has 0 aliphatic carbocycles. The molecule has 3 aromatic heterocycles. The maximum atomic E-state index is 13.3. The number of rotatable bonds is 6. The molecule has 0 radical (unpaired) electrons. The van der Waals surface area contributed by atoms with Crippen LogP contribution in [-0.2, 0) is 4.79 Å². The van der Waals surface area contributed by atoms with Crippen LogP contribution in [0.4, 0.5) is 10.2 Å². The van der Waals surface area contributed by atoms with E-state index in [9.17, 15) is 18.8 Å².